The molecule has 5 fully saturated rings. The summed E-state index contributed by atoms with van der Waals surface area (Å²) in [6, 6.07) is 9.21. The quantitative estimate of drug-likeness (QED) is 0.211. The van der Waals surface area contributed by atoms with Crippen LogP contribution >= 0.6 is 0 Å². The Kier molecular flexibility index (Phi) is 10.4. The van der Waals surface area contributed by atoms with Crippen LogP contribution in [-0.2, 0) is 44.4 Å². The normalized spacial score (nSPS) is 32.5. The van der Waals surface area contributed by atoms with Crippen molar-refractivity contribution in [2.75, 3.05) is 74.0 Å². The smallest absolute Gasteiger partial charge is 0.311 e. The van der Waals surface area contributed by atoms with Crippen molar-refractivity contribution in [2.45, 2.75) is 69.3 Å². The maximum Gasteiger partial charge on any atom is 0.311 e. The first-order valence-electron chi connectivity index (χ1n) is 18.4. The highest BCUT2D eigenvalue weighted by Gasteiger charge is 2.70. The van der Waals surface area contributed by atoms with Crippen LogP contribution in [-0.4, -0.2) is 126 Å². The number of carbonyl (C=O) groups is 2. The van der Waals surface area contributed by atoms with Crippen LogP contribution in [0.3, 0.4) is 0 Å². The van der Waals surface area contributed by atoms with Gasteiger partial charge in [-0.2, -0.15) is 0 Å². The standard InChI is InChI=1S/C21H22O9.C17H26N2O4/c1-9-23-7-17-21(29-9)16(30-21)5-18(27-17)28-19-11-4-15-14(25-8-26-15)3-10(11)2-12-13(19)6-24-20(12)22;1-18-10-12-19(13-11-18)9-5-8-16(20)23-17-14(21-2)6-4-7-15(17)22-3/h3-4,9,12-13,16-19H,2,5-8H2,1H3;4,6-7H,5,8-13H2,1-3H3/t9-,12?,13?,16?,17-,18?,19?,21?;/m1./s1. The summed E-state index contributed by atoms with van der Waals surface area (Å²) in [5.41, 5.74) is 2.02. The first kappa shape index (κ1) is 36.3. The van der Waals surface area contributed by atoms with Gasteiger partial charge in [0.15, 0.2) is 35.6 Å². The van der Waals surface area contributed by atoms with E-state index in [2.05, 4.69) is 16.8 Å². The zero-order valence-corrected chi connectivity index (χ0v) is 30.6. The fourth-order valence-corrected chi connectivity index (χ4v) is 8.09. The number of nitrogens with zero attached hydrogens (tertiary/aromatic N) is 2. The van der Waals surface area contributed by atoms with Gasteiger partial charge in [-0.1, -0.05) is 6.07 Å². The summed E-state index contributed by atoms with van der Waals surface area (Å²) in [4.78, 5) is 29.1. The van der Waals surface area contributed by atoms with Gasteiger partial charge in [0.1, 0.15) is 12.2 Å². The van der Waals surface area contributed by atoms with Crippen molar-refractivity contribution in [3.8, 4) is 28.7 Å². The lowest BCUT2D eigenvalue weighted by atomic mass is 9.75. The van der Waals surface area contributed by atoms with Crippen molar-refractivity contribution in [1.82, 2.24) is 9.80 Å². The maximum absolute atomic E-state index is 12.3. The summed E-state index contributed by atoms with van der Waals surface area (Å²) in [5.74, 6) is 1.30. The molecule has 0 aromatic heterocycles. The van der Waals surface area contributed by atoms with Gasteiger partial charge in [-0.15, -0.1) is 0 Å². The molecule has 0 saturated carbocycles. The summed E-state index contributed by atoms with van der Waals surface area (Å²) >= 11 is 0. The average Bonchev–Trinajstić information content (AvgIpc) is 3.43. The summed E-state index contributed by atoms with van der Waals surface area (Å²) in [6.45, 7) is 8.00. The van der Waals surface area contributed by atoms with Gasteiger partial charge in [0.2, 0.25) is 18.3 Å². The van der Waals surface area contributed by atoms with Gasteiger partial charge in [0.25, 0.3) is 0 Å². The Morgan fingerprint density at radius 2 is 1.72 bits per heavy atom. The highest BCUT2D eigenvalue weighted by atomic mass is 16.9. The Hall–Kier alpha value is -3.70. The van der Waals surface area contributed by atoms with Crippen molar-refractivity contribution in [2.24, 2.45) is 11.8 Å². The van der Waals surface area contributed by atoms with Crippen molar-refractivity contribution in [1.29, 1.82) is 0 Å². The second kappa shape index (κ2) is 15.2. The van der Waals surface area contributed by atoms with Crippen molar-refractivity contribution < 1.29 is 61.7 Å². The summed E-state index contributed by atoms with van der Waals surface area (Å²) < 4.78 is 62.4. The van der Waals surface area contributed by atoms with Crippen LogP contribution in [0.1, 0.15) is 43.4 Å². The van der Waals surface area contributed by atoms with E-state index in [1.807, 2.05) is 19.1 Å². The lowest BCUT2D eigenvalue weighted by Crippen LogP contribution is -2.53. The number of benzene rings is 2. The number of para-hydroxylation sites is 1. The van der Waals surface area contributed by atoms with E-state index in [1.165, 1.54) is 0 Å². The van der Waals surface area contributed by atoms with Crippen LogP contribution in [0.4, 0.5) is 0 Å². The minimum atomic E-state index is -0.705. The zero-order valence-electron chi connectivity index (χ0n) is 30.6. The molecule has 0 radical (unpaired) electrons. The Bertz CT molecular complexity index is 1640. The third-order valence-corrected chi connectivity index (χ3v) is 11.1. The number of fused-ring (bicyclic) bond motifs is 3. The Balaban J connectivity index is 0.000000158. The summed E-state index contributed by atoms with van der Waals surface area (Å²) in [5, 5.41) is 0. The Morgan fingerprint density at radius 3 is 2.47 bits per heavy atom. The largest absolute Gasteiger partial charge is 0.493 e. The molecule has 1 spiro atoms. The molecule has 8 atom stereocenters. The molecule has 5 saturated heterocycles. The van der Waals surface area contributed by atoms with Crippen molar-refractivity contribution in [3.05, 3.63) is 41.5 Å². The number of esters is 2. The molecule has 0 bridgehead atoms. The molecule has 2 aromatic rings. The number of hydrogen-bond acceptors (Lipinski definition) is 15. The number of cyclic esters (lactones) is 1. The molecule has 9 rings (SSSR count). The van der Waals surface area contributed by atoms with E-state index in [9.17, 15) is 9.59 Å². The molecular weight excluding hydrogens is 692 g/mol. The van der Waals surface area contributed by atoms with E-state index in [-0.39, 0.29) is 55.2 Å². The molecule has 15 nitrogen and oxygen atoms in total. The lowest BCUT2D eigenvalue weighted by Gasteiger charge is -2.41. The van der Waals surface area contributed by atoms with Crippen LogP contribution < -0.4 is 23.7 Å². The van der Waals surface area contributed by atoms with Crippen molar-refractivity contribution >= 4 is 11.9 Å². The monoisotopic (exact) mass is 740 g/mol. The molecule has 0 N–H and O–H groups in total. The second-order valence-electron chi connectivity index (χ2n) is 14.4. The third-order valence-electron chi connectivity index (χ3n) is 11.1. The lowest BCUT2D eigenvalue weighted by molar-refractivity contribution is -0.334. The number of carbonyl (C=O) groups excluding carboxylic acids is 2. The molecule has 2 aromatic carbocycles. The second-order valence-corrected chi connectivity index (χ2v) is 14.4. The van der Waals surface area contributed by atoms with E-state index < -0.39 is 12.1 Å². The summed E-state index contributed by atoms with van der Waals surface area (Å²) in [6.07, 6.45) is 0.773. The number of piperazine rings is 1. The molecule has 53 heavy (non-hydrogen) atoms. The van der Waals surface area contributed by atoms with Gasteiger partial charge in [0.05, 0.1) is 39.5 Å². The van der Waals surface area contributed by atoms with Gasteiger partial charge in [0, 0.05) is 44.9 Å². The van der Waals surface area contributed by atoms with Gasteiger partial charge in [-0.3, -0.25) is 9.59 Å². The molecule has 0 amide bonds. The fourth-order valence-electron chi connectivity index (χ4n) is 8.09. The zero-order chi connectivity index (χ0) is 36.7. The average molecular weight is 741 g/mol. The predicted molar refractivity (Wildman–Crippen MR) is 184 cm³/mol. The van der Waals surface area contributed by atoms with Crippen molar-refractivity contribution in [3.63, 3.8) is 0 Å². The van der Waals surface area contributed by atoms with Crippen LogP contribution in [0.2, 0.25) is 0 Å². The van der Waals surface area contributed by atoms with E-state index in [0.29, 0.717) is 61.2 Å². The number of rotatable bonds is 9. The number of hydrogen-bond donors (Lipinski definition) is 0. The van der Waals surface area contributed by atoms with Crippen LogP contribution in [0.5, 0.6) is 28.7 Å². The molecule has 7 aliphatic rings. The van der Waals surface area contributed by atoms with Gasteiger partial charge in [-0.25, -0.2) is 0 Å². The first-order valence-corrected chi connectivity index (χ1v) is 18.4. The highest BCUT2D eigenvalue weighted by molar-refractivity contribution is 5.76. The van der Waals surface area contributed by atoms with E-state index in [4.69, 9.17) is 52.1 Å². The Labute approximate surface area is 308 Å². The van der Waals surface area contributed by atoms with Crippen LogP contribution in [0, 0.1) is 11.8 Å². The SMILES string of the molecule is COc1cccc(OC)c1OC(=O)CCCN1CCN(C)CC1.C[C@@H]1OC[C@H]2OC(OC3c4cc5c(cc4CC4C(=O)OCC43)OCO5)CC3OC32O1. The highest BCUT2D eigenvalue weighted by Crippen LogP contribution is 2.54. The topological polar surface area (TPSA) is 145 Å². The van der Waals surface area contributed by atoms with E-state index >= 15 is 0 Å². The molecule has 6 aliphatic heterocycles. The predicted octanol–water partition coefficient (Wildman–Crippen LogP) is 3.06. The van der Waals surface area contributed by atoms with E-state index in [0.717, 1.165) is 50.3 Å². The maximum atomic E-state index is 12.3. The fraction of sp³-hybridized carbons (Fsp3) is 0.632. The van der Waals surface area contributed by atoms with Gasteiger partial charge >= 0.3 is 11.9 Å². The minimum absolute atomic E-state index is 0.0698. The third kappa shape index (κ3) is 7.40. The van der Waals surface area contributed by atoms with Gasteiger partial charge in [-0.05, 0) is 68.8 Å². The first-order chi connectivity index (χ1) is 25.7. The van der Waals surface area contributed by atoms with Gasteiger partial charge < -0.3 is 61.9 Å². The molecule has 15 heteroatoms. The summed E-state index contributed by atoms with van der Waals surface area (Å²) in [7, 11) is 5.22. The molecule has 6 heterocycles. The molecule has 288 valence electrons. The van der Waals surface area contributed by atoms with E-state index in [1.54, 1.807) is 32.4 Å². The Morgan fingerprint density at radius 1 is 0.962 bits per heavy atom. The number of likely N-dealkylation sites (N-methyl/N-ethyl adjacent to an activating group) is 1. The number of epoxide rings is 1. The number of ether oxygens (including phenoxy) is 11. The minimum Gasteiger partial charge on any atom is -0.493 e. The molecule has 6 unspecified atom stereocenters. The van der Waals surface area contributed by atoms with Crippen LogP contribution in [0.25, 0.3) is 0 Å². The van der Waals surface area contributed by atoms with Crippen LogP contribution in [0.15, 0.2) is 30.3 Å². The molecular formula is C38H48N2O13. The molecule has 1 aliphatic carbocycles. The number of methoxy groups -OCH3 is 2.